The van der Waals surface area contributed by atoms with Crippen LogP contribution in [0.5, 0.6) is 5.75 Å². The summed E-state index contributed by atoms with van der Waals surface area (Å²) in [7, 11) is 1.28. The standard InChI is InChI=1S/C18H16F4N2O3/c1-24(17(26)11-27-15-9-5-3-7-13(15)19)10-16(25)23-14-8-4-2-6-12(14)18(20,21)22/h2-9H,10-11H2,1H3,(H,23,25). The van der Waals surface area contributed by atoms with E-state index >= 15 is 0 Å². The molecule has 1 N–H and O–H groups in total. The monoisotopic (exact) mass is 384 g/mol. The molecule has 0 aliphatic heterocycles. The Morgan fingerprint density at radius 3 is 2.37 bits per heavy atom. The van der Waals surface area contributed by atoms with E-state index in [0.717, 1.165) is 23.1 Å². The Morgan fingerprint density at radius 2 is 1.70 bits per heavy atom. The van der Waals surface area contributed by atoms with Crippen LogP contribution in [0.25, 0.3) is 0 Å². The first-order chi connectivity index (χ1) is 12.7. The van der Waals surface area contributed by atoms with Crippen molar-refractivity contribution in [2.24, 2.45) is 0 Å². The minimum Gasteiger partial charge on any atom is -0.481 e. The Bertz CT molecular complexity index is 824. The van der Waals surface area contributed by atoms with Crippen molar-refractivity contribution >= 4 is 17.5 Å². The number of alkyl halides is 3. The highest BCUT2D eigenvalue weighted by Gasteiger charge is 2.33. The number of hydrogen-bond donors (Lipinski definition) is 1. The Balaban J connectivity index is 1.92. The van der Waals surface area contributed by atoms with Gasteiger partial charge in [-0.05, 0) is 24.3 Å². The van der Waals surface area contributed by atoms with Crippen LogP contribution >= 0.6 is 0 Å². The van der Waals surface area contributed by atoms with Gasteiger partial charge in [0.2, 0.25) is 5.91 Å². The van der Waals surface area contributed by atoms with Crippen LogP contribution in [-0.4, -0.2) is 36.9 Å². The number of anilines is 1. The number of hydrogen-bond acceptors (Lipinski definition) is 3. The molecule has 2 amide bonds. The fraction of sp³-hybridized carbons (Fsp3) is 0.222. The average molecular weight is 384 g/mol. The maximum atomic E-state index is 13.4. The number of nitrogens with zero attached hydrogens (tertiary/aromatic N) is 1. The van der Waals surface area contributed by atoms with Gasteiger partial charge in [-0.1, -0.05) is 24.3 Å². The number of carbonyl (C=O) groups is 2. The van der Waals surface area contributed by atoms with Crippen LogP contribution < -0.4 is 10.1 Å². The Morgan fingerprint density at radius 1 is 1.07 bits per heavy atom. The number of para-hydroxylation sites is 2. The summed E-state index contributed by atoms with van der Waals surface area (Å²) in [5.41, 5.74) is -1.39. The third-order valence-electron chi connectivity index (χ3n) is 3.50. The van der Waals surface area contributed by atoms with Crippen molar-refractivity contribution in [2.75, 3.05) is 25.5 Å². The second-order valence-electron chi connectivity index (χ2n) is 5.56. The molecule has 0 bridgehead atoms. The van der Waals surface area contributed by atoms with Gasteiger partial charge in [-0.2, -0.15) is 13.2 Å². The maximum absolute atomic E-state index is 13.4. The van der Waals surface area contributed by atoms with Gasteiger partial charge in [-0.15, -0.1) is 0 Å². The number of ether oxygens (including phenoxy) is 1. The van der Waals surface area contributed by atoms with Gasteiger partial charge >= 0.3 is 6.18 Å². The van der Waals surface area contributed by atoms with Gasteiger partial charge in [0.15, 0.2) is 18.2 Å². The Hall–Kier alpha value is -3.10. The number of likely N-dealkylation sites (N-methyl/N-ethyl adjacent to an activating group) is 1. The number of amides is 2. The summed E-state index contributed by atoms with van der Waals surface area (Å²) >= 11 is 0. The van der Waals surface area contributed by atoms with Crippen molar-refractivity contribution in [3.05, 3.63) is 59.9 Å². The zero-order chi connectivity index (χ0) is 20.0. The third-order valence-corrected chi connectivity index (χ3v) is 3.50. The van der Waals surface area contributed by atoms with E-state index in [1.54, 1.807) is 0 Å². The number of halogens is 4. The van der Waals surface area contributed by atoms with Crippen LogP contribution in [0.1, 0.15) is 5.56 Å². The molecule has 0 radical (unpaired) electrons. The lowest BCUT2D eigenvalue weighted by Crippen LogP contribution is -2.37. The van der Waals surface area contributed by atoms with Crippen LogP contribution in [0.15, 0.2) is 48.5 Å². The number of benzene rings is 2. The molecule has 0 aromatic heterocycles. The third kappa shape index (κ3) is 5.70. The molecule has 0 spiro atoms. The highest BCUT2D eigenvalue weighted by atomic mass is 19.4. The molecule has 5 nitrogen and oxygen atoms in total. The quantitative estimate of drug-likeness (QED) is 0.778. The van der Waals surface area contributed by atoms with Gasteiger partial charge in [0, 0.05) is 7.05 Å². The minimum atomic E-state index is -4.63. The van der Waals surface area contributed by atoms with Gasteiger partial charge in [-0.25, -0.2) is 4.39 Å². The van der Waals surface area contributed by atoms with Crippen molar-refractivity contribution in [3.63, 3.8) is 0 Å². The van der Waals surface area contributed by atoms with E-state index < -0.39 is 48.2 Å². The van der Waals surface area contributed by atoms with Gasteiger partial charge in [-0.3, -0.25) is 9.59 Å². The predicted molar refractivity (Wildman–Crippen MR) is 89.6 cm³/mol. The van der Waals surface area contributed by atoms with Crippen LogP contribution in [0.2, 0.25) is 0 Å². The van der Waals surface area contributed by atoms with E-state index in [0.29, 0.717) is 0 Å². The van der Waals surface area contributed by atoms with Crippen molar-refractivity contribution < 1.29 is 31.9 Å². The van der Waals surface area contributed by atoms with E-state index in [1.807, 2.05) is 0 Å². The summed E-state index contributed by atoms with van der Waals surface area (Å²) in [6, 6.07) is 9.99. The lowest BCUT2D eigenvalue weighted by molar-refractivity contribution is -0.137. The van der Waals surface area contributed by atoms with E-state index in [1.165, 1.54) is 37.4 Å². The summed E-state index contributed by atoms with van der Waals surface area (Å²) < 4.78 is 57.2. The molecule has 0 fully saturated rings. The van der Waals surface area contributed by atoms with Crippen molar-refractivity contribution in [2.45, 2.75) is 6.18 Å². The number of nitrogens with one attached hydrogen (secondary N) is 1. The molecule has 2 aromatic carbocycles. The Kier molecular flexibility index (Phi) is 6.38. The highest BCUT2D eigenvalue weighted by molar-refractivity contribution is 5.95. The minimum absolute atomic E-state index is 0.122. The van der Waals surface area contributed by atoms with Crippen LogP contribution in [0.4, 0.5) is 23.2 Å². The summed E-state index contributed by atoms with van der Waals surface area (Å²) in [6.07, 6.45) is -4.63. The lowest BCUT2D eigenvalue weighted by atomic mass is 10.1. The fourth-order valence-electron chi connectivity index (χ4n) is 2.14. The van der Waals surface area contributed by atoms with Gasteiger partial charge in [0.25, 0.3) is 5.91 Å². The largest absolute Gasteiger partial charge is 0.481 e. The molecule has 0 saturated heterocycles. The van der Waals surface area contributed by atoms with Gasteiger partial charge < -0.3 is 15.0 Å². The summed E-state index contributed by atoms with van der Waals surface area (Å²) in [5, 5.41) is 2.13. The molecular formula is C18H16F4N2O3. The average Bonchev–Trinajstić information content (AvgIpc) is 2.60. The molecule has 0 aliphatic carbocycles. The van der Waals surface area contributed by atoms with E-state index in [9.17, 15) is 27.2 Å². The molecule has 0 unspecified atom stereocenters. The van der Waals surface area contributed by atoms with Gasteiger partial charge in [0.1, 0.15) is 0 Å². The molecular weight excluding hydrogens is 368 g/mol. The van der Waals surface area contributed by atoms with Crippen LogP contribution in [0, 0.1) is 5.82 Å². The van der Waals surface area contributed by atoms with Crippen molar-refractivity contribution in [1.82, 2.24) is 4.90 Å². The predicted octanol–water partition coefficient (Wildman–Crippen LogP) is 3.32. The van der Waals surface area contributed by atoms with E-state index in [2.05, 4.69) is 5.32 Å². The molecule has 27 heavy (non-hydrogen) atoms. The summed E-state index contributed by atoms with van der Waals surface area (Å²) in [6.45, 7) is -1.02. The molecule has 0 saturated carbocycles. The highest BCUT2D eigenvalue weighted by Crippen LogP contribution is 2.34. The van der Waals surface area contributed by atoms with Crippen molar-refractivity contribution in [3.8, 4) is 5.75 Å². The first-order valence-electron chi connectivity index (χ1n) is 7.76. The number of carbonyl (C=O) groups excluding carboxylic acids is 2. The van der Waals surface area contributed by atoms with E-state index in [4.69, 9.17) is 4.74 Å². The molecule has 0 heterocycles. The molecule has 2 rings (SSSR count). The molecule has 0 atom stereocenters. The summed E-state index contributed by atoms with van der Waals surface area (Å²) in [5.74, 6) is -2.22. The normalized spacial score (nSPS) is 11.0. The first-order valence-corrected chi connectivity index (χ1v) is 7.76. The zero-order valence-corrected chi connectivity index (χ0v) is 14.2. The molecule has 0 aliphatic rings. The Labute approximate surface area is 152 Å². The smallest absolute Gasteiger partial charge is 0.418 e. The van der Waals surface area contributed by atoms with Crippen LogP contribution in [-0.2, 0) is 15.8 Å². The topological polar surface area (TPSA) is 58.6 Å². The maximum Gasteiger partial charge on any atom is 0.418 e. The lowest BCUT2D eigenvalue weighted by Gasteiger charge is -2.18. The second-order valence-corrected chi connectivity index (χ2v) is 5.56. The van der Waals surface area contributed by atoms with E-state index in [-0.39, 0.29) is 5.75 Å². The molecule has 144 valence electrons. The SMILES string of the molecule is CN(CC(=O)Nc1ccccc1C(F)(F)F)C(=O)COc1ccccc1F. The molecule has 9 heteroatoms. The van der Waals surface area contributed by atoms with Crippen LogP contribution in [0.3, 0.4) is 0 Å². The second kappa shape index (κ2) is 8.52. The number of rotatable bonds is 6. The van der Waals surface area contributed by atoms with Crippen molar-refractivity contribution in [1.29, 1.82) is 0 Å². The van der Waals surface area contributed by atoms with Gasteiger partial charge in [0.05, 0.1) is 17.8 Å². The zero-order valence-electron chi connectivity index (χ0n) is 14.2. The molecule has 2 aromatic rings. The first kappa shape index (κ1) is 20.2. The fourth-order valence-corrected chi connectivity index (χ4v) is 2.14. The summed E-state index contributed by atoms with van der Waals surface area (Å²) in [4.78, 5) is 24.9.